The van der Waals surface area contributed by atoms with Gasteiger partial charge in [-0.05, 0) is 12.8 Å². The molecule has 3 nitrogen and oxygen atoms in total. The Balaban J connectivity index is 2.64. The molecule has 0 saturated heterocycles. The molecule has 0 spiro atoms. The number of nitrogens with one attached hydrogen (secondary N) is 1. The molecule has 0 saturated carbocycles. The zero-order chi connectivity index (χ0) is 10.4. The van der Waals surface area contributed by atoms with E-state index < -0.39 is 0 Å². The van der Waals surface area contributed by atoms with E-state index in [9.17, 15) is 0 Å². The average molecular weight is 193 g/mol. The maximum absolute atomic E-state index is 4.27. The summed E-state index contributed by atoms with van der Waals surface area (Å²) in [5.41, 5.74) is 0. The molecule has 78 valence electrons. The van der Waals surface area contributed by atoms with Crippen LogP contribution in [0.4, 0.5) is 5.95 Å². The largest absolute Gasteiger partial charge is 0.353 e. The van der Waals surface area contributed by atoms with Gasteiger partial charge in [-0.2, -0.15) is 0 Å². The van der Waals surface area contributed by atoms with E-state index in [-0.39, 0.29) is 0 Å². The Kier molecular flexibility index (Phi) is 4.23. The molecule has 1 heterocycles. The van der Waals surface area contributed by atoms with Crippen LogP contribution in [0, 0.1) is 0 Å². The highest BCUT2D eigenvalue weighted by molar-refractivity contribution is 5.27. The Morgan fingerprint density at radius 2 is 2.29 bits per heavy atom. The Hall–Kier alpha value is -1.25. The number of rotatable bonds is 6. The van der Waals surface area contributed by atoms with Crippen molar-refractivity contribution in [1.29, 1.82) is 0 Å². The highest BCUT2D eigenvalue weighted by Crippen LogP contribution is 2.09. The molecule has 1 aromatic rings. The van der Waals surface area contributed by atoms with Gasteiger partial charge in [0.15, 0.2) is 0 Å². The van der Waals surface area contributed by atoms with Crippen molar-refractivity contribution in [2.75, 3.05) is 5.32 Å². The van der Waals surface area contributed by atoms with Crippen molar-refractivity contribution in [3.8, 4) is 0 Å². The zero-order valence-electron chi connectivity index (χ0n) is 9.03. The molecular formula is C11H19N3. The van der Waals surface area contributed by atoms with E-state index in [0.29, 0.717) is 6.04 Å². The van der Waals surface area contributed by atoms with Crippen LogP contribution in [-0.2, 0) is 6.54 Å². The summed E-state index contributed by atoms with van der Waals surface area (Å²) in [5.74, 6) is 0.943. The highest BCUT2D eigenvalue weighted by atomic mass is 15.2. The molecule has 0 fully saturated rings. The third-order valence-electron chi connectivity index (χ3n) is 2.36. The molecule has 0 aliphatic rings. The van der Waals surface area contributed by atoms with Crippen LogP contribution in [0.15, 0.2) is 25.0 Å². The van der Waals surface area contributed by atoms with Gasteiger partial charge in [0.05, 0.1) is 0 Å². The maximum atomic E-state index is 4.27. The standard InChI is InChI=1S/C11H19N3/c1-4-8-14-9-7-12-11(14)13-10(5-2)6-3/h4,7,9-10H,1,5-6,8H2,2-3H3,(H,12,13). The molecule has 0 atom stereocenters. The molecule has 0 bridgehead atoms. The fourth-order valence-electron chi connectivity index (χ4n) is 1.41. The van der Waals surface area contributed by atoms with Crippen molar-refractivity contribution in [3.63, 3.8) is 0 Å². The van der Waals surface area contributed by atoms with Crippen molar-refractivity contribution in [3.05, 3.63) is 25.0 Å². The van der Waals surface area contributed by atoms with Crippen molar-refractivity contribution in [2.24, 2.45) is 0 Å². The first-order valence-electron chi connectivity index (χ1n) is 5.20. The quantitative estimate of drug-likeness (QED) is 0.704. The van der Waals surface area contributed by atoms with E-state index >= 15 is 0 Å². The Morgan fingerprint density at radius 1 is 1.57 bits per heavy atom. The van der Waals surface area contributed by atoms with Gasteiger partial charge in [-0.25, -0.2) is 4.98 Å². The third-order valence-corrected chi connectivity index (χ3v) is 2.36. The number of allylic oxidation sites excluding steroid dienone is 1. The number of hydrogen-bond donors (Lipinski definition) is 1. The molecule has 0 aromatic carbocycles. The van der Waals surface area contributed by atoms with Gasteiger partial charge in [-0.3, -0.25) is 0 Å². The van der Waals surface area contributed by atoms with Crippen LogP contribution < -0.4 is 5.32 Å². The molecule has 0 aliphatic heterocycles. The lowest BCUT2D eigenvalue weighted by Gasteiger charge is -2.16. The van der Waals surface area contributed by atoms with Gasteiger partial charge in [-0.1, -0.05) is 19.9 Å². The van der Waals surface area contributed by atoms with Gasteiger partial charge in [-0.15, -0.1) is 6.58 Å². The minimum absolute atomic E-state index is 0.515. The highest BCUT2D eigenvalue weighted by Gasteiger charge is 2.06. The fourth-order valence-corrected chi connectivity index (χ4v) is 1.41. The molecule has 3 heteroatoms. The van der Waals surface area contributed by atoms with E-state index in [1.54, 1.807) is 0 Å². The smallest absolute Gasteiger partial charge is 0.203 e. The van der Waals surface area contributed by atoms with E-state index in [1.807, 2.05) is 18.5 Å². The van der Waals surface area contributed by atoms with E-state index in [0.717, 1.165) is 25.3 Å². The second-order valence-electron chi connectivity index (χ2n) is 3.35. The predicted octanol–water partition coefficient (Wildman–Crippen LogP) is 2.67. The van der Waals surface area contributed by atoms with Gasteiger partial charge in [0.2, 0.25) is 5.95 Å². The summed E-state index contributed by atoms with van der Waals surface area (Å²) in [7, 11) is 0. The number of aromatic nitrogens is 2. The van der Waals surface area contributed by atoms with Gasteiger partial charge >= 0.3 is 0 Å². The van der Waals surface area contributed by atoms with Crippen molar-refractivity contribution in [1.82, 2.24) is 9.55 Å². The molecule has 0 aliphatic carbocycles. The first kappa shape index (κ1) is 10.8. The molecule has 0 unspecified atom stereocenters. The van der Waals surface area contributed by atoms with Crippen LogP contribution in [0.5, 0.6) is 0 Å². The minimum atomic E-state index is 0.515. The van der Waals surface area contributed by atoms with Crippen molar-refractivity contribution < 1.29 is 0 Å². The maximum Gasteiger partial charge on any atom is 0.203 e. The summed E-state index contributed by atoms with van der Waals surface area (Å²) in [6, 6.07) is 0.515. The van der Waals surface area contributed by atoms with Gasteiger partial charge < -0.3 is 9.88 Å². The number of nitrogens with zero attached hydrogens (tertiary/aromatic N) is 2. The summed E-state index contributed by atoms with van der Waals surface area (Å²) in [4.78, 5) is 4.27. The topological polar surface area (TPSA) is 29.9 Å². The van der Waals surface area contributed by atoms with Gasteiger partial charge in [0.25, 0.3) is 0 Å². The minimum Gasteiger partial charge on any atom is -0.353 e. The molecule has 0 amide bonds. The Labute approximate surface area is 85.8 Å². The van der Waals surface area contributed by atoms with Crippen LogP contribution in [0.2, 0.25) is 0 Å². The SMILES string of the molecule is C=CCn1ccnc1NC(CC)CC. The second kappa shape index (κ2) is 5.47. The lowest BCUT2D eigenvalue weighted by Crippen LogP contribution is -2.19. The van der Waals surface area contributed by atoms with E-state index in [2.05, 4.69) is 35.3 Å². The first-order valence-corrected chi connectivity index (χ1v) is 5.20. The van der Waals surface area contributed by atoms with Crippen LogP contribution in [0.25, 0.3) is 0 Å². The summed E-state index contributed by atoms with van der Waals surface area (Å²) >= 11 is 0. The summed E-state index contributed by atoms with van der Waals surface area (Å²) in [6.45, 7) is 8.89. The third kappa shape index (κ3) is 2.62. The summed E-state index contributed by atoms with van der Waals surface area (Å²) in [6.07, 6.45) is 7.90. The normalized spacial score (nSPS) is 10.5. The molecule has 1 aromatic heterocycles. The van der Waals surface area contributed by atoms with Crippen molar-refractivity contribution in [2.45, 2.75) is 39.3 Å². The summed E-state index contributed by atoms with van der Waals surface area (Å²) in [5, 5.41) is 3.42. The molecule has 0 radical (unpaired) electrons. The van der Waals surface area contributed by atoms with Crippen LogP contribution >= 0.6 is 0 Å². The molecule has 1 rings (SSSR count). The van der Waals surface area contributed by atoms with Gasteiger partial charge in [0, 0.05) is 25.0 Å². The average Bonchev–Trinajstić information content (AvgIpc) is 2.62. The molecular weight excluding hydrogens is 174 g/mol. The molecule has 14 heavy (non-hydrogen) atoms. The Bertz CT molecular complexity index is 274. The molecule has 1 N–H and O–H groups in total. The second-order valence-corrected chi connectivity index (χ2v) is 3.35. The van der Waals surface area contributed by atoms with Crippen LogP contribution in [0.3, 0.4) is 0 Å². The monoisotopic (exact) mass is 193 g/mol. The predicted molar refractivity (Wildman–Crippen MR) is 60.4 cm³/mol. The van der Waals surface area contributed by atoms with Crippen molar-refractivity contribution >= 4 is 5.95 Å². The lowest BCUT2D eigenvalue weighted by molar-refractivity contribution is 0.654. The zero-order valence-corrected chi connectivity index (χ0v) is 9.03. The van der Waals surface area contributed by atoms with Crippen LogP contribution in [-0.4, -0.2) is 15.6 Å². The van der Waals surface area contributed by atoms with Crippen LogP contribution in [0.1, 0.15) is 26.7 Å². The Morgan fingerprint density at radius 3 is 2.86 bits per heavy atom. The van der Waals surface area contributed by atoms with E-state index in [1.165, 1.54) is 0 Å². The van der Waals surface area contributed by atoms with E-state index in [4.69, 9.17) is 0 Å². The van der Waals surface area contributed by atoms with Gasteiger partial charge in [0.1, 0.15) is 0 Å². The lowest BCUT2D eigenvalue weighted by atomic mass is 10.2. The summed E-state index contributed by atoms with van der Waals surface area (Å²) < 4.78 is 2.06. The number of anilines is 1. The fraction of sp³-hybridized carbons (Fsp3) is 0.545. The first-order chi connectivity index (χ1) is 6.81. The number of imidazole rings is 1. The number of hydrogen-bond acceptors (Lipinski definition) is 2.